The predicted molar refractivity (Wildman–Crippen MR) is 107 cm³/mol. The Morgan fingerprint density at radius 3 is 2.56 bits per heavy atom. The summed E-state index contributed by atoms with van der Waals surface area (Å²) >= 11 is 0. The first-order valence-electron chi connectivity index (χ1n) is 8.89. The molecule has 0 bridgehead atoms. The van der Waals surface area contributed by atoms with Gasteiger partial charge in [-0.3, -0.25) is 4.79 Å². The number of nitrogens with zero attached hydrogens (tertiary/aromatic N) is 2. The standard InChI is InChI=1S/C18H28N4O.2ClH/c1-13-7-9-22(10-8-13)17-6-5-15(12-20-17)18(23)21-16-4-2-3-14(16)11-19;;/h5-6,12-14,16H,2-4,7-11,19H2,1H3,(H,21,23);2*1H. The number of hydrogen-bond acceptors (Lipinski definition) is 4. The quantitative estimate of drug-likeness (QED) is 0.831. The van der Waals surface area contributed by atoms with Crippen LogP contribution in [-0.4, -0.2) is 36.6 Å². The molecule has 2 fully saturated rings. The topological polar surface area (TPSA) is 71.2 Å². The first kappa shape index (κ1) is 22.0. The summed E-state index contributed by atoms with van der Waals surface area (Å²) in [4.78, 5) is 19.2. The molecule has 2 heterocycles. The van der Waals surface area contributed by atoms with Gasteiger partial charge in [0.1, 0.15) is 5.82 Å². The second-order valence-corrected chi connectivity index (χ2v) is 7.08. The second-order valence-electron chi connectivity index (χ2n) is 7.08. The third kappa shape index (κ3) is 5.47. The normalized spacial score (nSPS) is 23.5. The van der Waals surface area contributed by atoms with Gasteiger partial charge < -0.3 is 16.0 Å². The molecule has 142 valence electrons. The van der Waals surface area contributed by atoms with Gasteiger partial charge in [0, 0.05) is 25.3 Å². The van der Waals surface area contributed by atoms with Gasteiger partial charge in [0.05, 0.1) is 5.56 Å². The van der Waals surface area contributed by atoms with Crippen LogP contribution in [0.2, 0.25) is 0 Å². The summed E-state index contributed by atoms with van der Waals surface area (Å²) < 4.78 is 0. The van der Waals surface area contributed by atoms with Crippen molar-refractivity contribution in [2.75, 3.05) is 24.5 Å². The molecule has 1 aliphatic carbocycles. The van der Waals surface area contributed by atoms with E-state index in [1.54, 1.807) is 6.20 Å². The van der Waals surface area contributed by atoms with E-state index < -0.39 is 0 Å². The number of carbonyl (C=O) groups is 1. The highest BCUT2D eigenvalue weighted by molar-refractivity contribution is 5.94. The van der Waals surface area contributed by atoms with E-state index in [0.717, 1.165) is 44.1 Å². The summed E-state index contributed by atoms with van der Waals surface area (Å²) in [7, 11) is 0. The van der Waals surface area contributed by atoms with Gasteiger partial charge in [0.2, 0.25) is 0 Å². The van der Waals surface area contributed by atoms with Crippen LogP contribution in [0.25, 0.3) is 0 Å². The van der Waals surface area contributed by atoms with Gasteiger partial charge in [-0.2, -0.15) is 0 Å². The number of carbonyl (C=O) groups excluding carboxylic acids is 1. The number of anilines is 1. The van der Waals surface area contributed by atoms with Crippen molar-refractivity contribution in [3.63, 3.8) is 0 Å². The number of nitrogens with one attached hydrogen (secondary N) is 1. The smallest absolute Gasteiger partial charge is 0.253 e. The largest absolute Gasteiger partial charge is 0.357 e. The van der Waals surface area contributed by atoms with E-state index in [0.29, 0.717) is 18.0 Å². The van der Waals surface area contributed by atoms with Gasteiger partial charge in [-0.25, -0.2) is 4.98 Å². The van der Waals surface area contributed by atoms with Crippen LogP contribution in [0.3, 0.4) is 0 Å². The van der Waals surface area contributed by atoms with Crippen molar-refractivity contribution in [1.82, 2.24) is 10.3 Å². The van der Waals surface area contributed by atoms with Crippen LogP contribution >= 0.6 is 24.8 Å². The number of piperidine rings is 1. The SMILES string of the molecule is CC1CCN(c2ccc(C(=O)NC3CCCC3CN)cn2)CC1.Cl.Cl. The highest BCUT2D eigenvalue weighted by Crippen LogP contribution is 2.25. The van der Waals surface area contributed by atoms with Crippen LogP contribution in [0.5, 0.6) is 0 Å². The van der Waals surface area contributed by atoms with Crippen LogP contribution in [0, 0.1) is 11.8 Å². The van der Waals surface area contributed by atoms with Crippen molar-refractivity contribution in [1.29, 1.82) is 0 Å². The molecule has 3 N–H and O–H groups in total. The Kier molecular flexibility index (Phi) is 8.97. The molecule has 1 saturated heterocycles. The number of aromatic nitrogens is 1. The lowest BCUT2D eigenvalue weighted by Gasteiger charge is -2.31. The molecule has 1 amide bonds. The van der Waals surface area contributed by atoms with Crippen molar-refractivity contribution in [3.05, 3.63) is 23.9 Å². The Balaban J connectivity index is 0.00000156. The molecule has 0 spiro atoms. The number of hydrogen-bond donors (Lipinski definition) is 2. The maximum Gasteiger partial charge on any atom is 0.253 e. The van der Waals surface area contributed by atoms with Gasteiger partial charge in [0.15, 0.2) is 0 Å². The van der Waals surface area contributed by atoms with Crippen molar-refractivity contribution >= 4 is 36.5 Å². The minimum absolute atomic E-state index is 0. The van der Waals surface area contributed by atoms with Crippen molar-refractivity contribution in [3.8, 4) is 0 Å². The number of pyridine rings is 1. The summed E-state index contributed by atoms with van der Waals surface area (Å²) in [6.45, 7) is 5.06. The highest BCUT2D eigenvalue weighted by atomic mass is 35.5. The molecular formula is C18H30Cl2N4O. The van der Waals surface area contributed by atoms with Crippen molar-refractivity contribution < 1.29 is 4.79 Å². The molecule has 7 heteroatoms. The fourth-order valence-electron chi connectivity index (χ4n) is 3.71. The molecule has 1 saturated carbocycles. The Bertz CT molecular complexity index is 532. The molecular weight excluding hydrogens is 359 g/mol. The molecule has 2 aliphatic rings. The Hall–Kier alpha value is -1.04. The highest BCUT2D eigenvalue weighted by Gasteiger charge is 2.27. The molecule has 1 aromatic heterocycles. The second kappa shape index (κ2) is 10.2. The van der Waals surface area contributed by atoms with E-state index >= 15 is 0 Å². The van der Waals surface area contributed by atoms with Gasteiger partial charge in [-0.1, -0.05) is 13.3 Å². The predicted octanol–water partition coefficient (Wildman–Crippen LogP) is 3.02. The maximum absolute atomic E-state index is 12.4. The van der Waals surface area contributed by atoms with Crippen LogP contribution in [-0.2, 0) is 0 Å². The molecule has 2 unspecified atom stereocenters. The fraction of sp³-hybridized carbons (Fsp3) is 0.667. The Labute approximate surface area is 163 Å². The zero-order valence-electron chi connectivity index (χ0n) is 14.8. The Morgan fingerprint density at radius 1 is 1.24 bits per heavy atom. The first-order valence-corrected chi connectivity index (χ1v) is 8.89. The maximum atomic E-state index is 12.4. The minimum Gasteiger partial charge on any atom is -0.357 e. The lowest BCUT2D eigenvalue weighted by molar-refractivity contribution is 0.0928. The lowest BCUT2D eigenvalue weighted by atomic mass is 9.99. The van der Waals surface area contributed by atoms with Crippen molar-refractivity contribution in [2.45, 2.75) is 45.1 Å². The van der Waals surface area contributed by atoms with Gasteiger partial charge in [0.25, 0.3) is 5.91 Å². The zero-order chi connectivity index (χ0) is 16.2. The average molecular weight is 389 g/mol. The van der Waals surface area contributed by atoms with E-state index in [2.05, 4.69) is 22.1 Å². The molecule has 1 aliphatic heterocycles. The third-order valence-electron chi connectivity index (χ3n) is 5.40. The number of amides is 1. The van der Waals surface area contributed by atoms with Crippen LogP contribution in [0.1, 0.15) is 49.4 Å². The number of nitrogens with two attached hydrogens (primary N) is 1. The zero-order valence-corrected chi connectivity index (χ0v) is 16.5. The summed E-state index contributed by atoms with van der Waals surface area (Å²) in [6, 6.07) is 4.08. The molecule has 1 aromatic rings. The number of halogens is 2. The molecule has 25 heavy (non-hydrogen) atoms. The van der Waals surface area contributed by atoms with E-state index in [1.165, 1.54) is 12.8 Å². The minimum atomic E-state index is -0.0262. The number of rotatable bonds is 4. The first-order chi connectivity index (χ1) is 11.2. The fourth-order valence-corrected chi connectivity index (χ4v) is 3.71. The van der Waals surface area contributed by atoms with Gasteiger partial charge >= 0.3 is 0 Å². The van der Waals surface area contributed by atoms with E-state index in [-0.39, 0.29) is 36.8 Å². The van der Waals surface area contributed by atoms with E-state index in [4.69, 9.17) is 5.73 Å². The van der Waals surface area contributed by atoms with Gasteiger partial charge in [-0.15, -0.1) is 24.8 Å². The molecule has 2 atom stereocenters. The molecule has 3 rings (SSSR count). The molecule has 5 nitrogen and oxygen atoms in total. The Morgan fingerprint density at radius 2 is 1.96 bits per heavy atom. The molecule has 0 radical (unpaired) electrons. The summed E-state index contributed by atoms with van der Waals surface area (Å²) in [5.74, 6) is 2.18. The monoisotopic (exact) mass is 388 g/mol. The summed E-state index contributed by atoms with van der Waals surface area (Å²) in [6.07, 6.45) is 7.43. The van der Waals surface area contributed by atoms with Crippen LogP contribution in [0.15, 0.2) is 18.3 Å². The van der Waals surface area contributed by atoms with E-state index in [9.17, 15) is 4.79 Å². The molecule has 0 aromatic carbocycles. The summed E-state index contributed by atoms with van der Waals surface area (Å²) in [5, 5.41) is 3.13. The lowest BCUT2D eigenvalue weighted by Crippen LogP contribution is -2.40. The summed E-state index contributed by atoms with van der Waals surface area (Å²) in [5.41, 5.74) is 6.42. The van der Waals surface area contributed by atoms with Gasteiger partial charge in [-0.05, 0) is 56.2 Å². The average Bonchev–Trinajstić information content (AvgIpc) is 3.03. The van der Waals surface area contributed by atoms with Crippen LogP contribution < -0.4 is 16.0 Å². The van der Waals surface area contributed by atoms with Crippen molar-refractivity contribution in [2.24, 2.45) is 17.6 Å². The van der Waals surface area contributed by atoms with Crippen LogP contribution in [0.4, 0.5) is 5.82 Å². The van der Waals surface area contributed by atoms with E-state index in [1.807, 2.05) is 12.1 Å². The third-order valence-corrected chi connectivity index (χ3v) is 5.40.